The van der Waals surface area contributed by atoms with Crippen molar-refractivity contribution in [2.75, 3.05) is 0 Å². The van der Waals surface area contributed by atoms with E-state index in [4.69, 9.17) is 0 Å². The van der Waals surface area contributed by atoms with Gasteiger partial charge in [-0.1, -0.05) is 46.1 Å². The summed E-state index contributed by atoms with van der Waals surface area (Å²) >= 11 is 0. The second-order valence-corrected chi connectivity index (χ2v) is 8.51. The molecule has 2 rings (SSSR count). The van der Waals surface area contributed by atoms with Crippen LogP contribution < -0.4 is 10.7 Å². The molecule has 28 heavy (non-hydrogen) atoms. The van der Waals surface area contributed by atoms with Gasteiger partial charge in [0.2, 0.25) is 23.5 Å². The third-order valence-electron chi connectivity index (χ3n) is 4.92. The van der Waals surface area contributed by atoms with Gasteiger partial charge in [-0.2, -0.15) is 5.01 Å². The van der Waals surface area contributed by atoms with Crippen molar-refractivity contribution in [3.05, 3.63) is 12.2 Å². The van der Waals surface area contributed by atoms with Crippen LogP contribution in [0.4, 0.5) is 0 Å². The smallest absolute Gasteiger partial charge is 0.308 e. The minimum absolute atomic E-state index is 0.00763. The van der Waals surface area contributed by atoms with Gasteiger partial charge in [-0.25, -0.2) is 0 Å². The van der Waals surface area contributed by atoms with Crippen molar-refractivity contribution in [3.8, 4) is 0 Å². The molecule has 1 saturated heterocycles. The molecule has 1 unspecified atom stereocenters. The Balaban J connectivity index is 2.11. The highest BCUT2D eigenvalue weighted by Crippen LogP contribution is 2.27. The minimum Gasteiger partial charge on any atom is -0.342 e. The van der Waals surface area contributed by atoms with Gasteiger partial charge in [0.1, 0.15) is 6.04 Å². The number of ketones is 1. The molecule has 1 heterocycles. The van der Waals surface area contributed by atoms with Crippen LogP contribution in [0, 0.1) is 11.3 Å². The van der Waals surface area contributed by atoms with E-state index in [0.29, 0.717) is 5.01 Å². The lowest BCUT2D eigenvalue weighted by atomic mass is 9.82. The van der Waals surface area contributed by atoms with Gasteiger partial charge in [-0.05, 0) is 30.3 Å². The molecule has 1 atom stereocenters. The molecule has 0 aromatic rings. The topological polar surface area (TPSA) is 113 Å². The van der Waals surface area contributed by atoms with Crippen molar-refractivity contribution in [1.82, 2.24) is 15.8 Å². The van der Waals surface area contributed by atoms with Gasteiger partial charge in [-0.15, -0.1) is 0 Å². The molecule has 2 fully saturated rings. The lowest BCUT2D eigenvalue weighted by Crippen LogP contribution is -2.55. The van der Waals surface area contributed by atoms with Crippen molar-refractivity contribution < 1.29 is 24.0 Å². The third kappa shape index (κ3) is 6.00. The fourth-order valence-corrected chi connectivity index (χ4v) is 3.39. The zero-order chi connectivity index (χ0) is 20.9. The average molecular weight is 391 g/mol. The van der Waals surface area contributed by atoms with Crippen molar-refractivity contribution in [2.45, 2.75) is 71.8 Å². The lowest BCUT2D eigenvalue weighted by molar-refractivity contribution is -0.151. The molecule has 1 aliphatic carbocycles. The van der Waals surface area contributed by atoms with Crippen LogP contribution in [0.1, 0.15) is 65.7 Å². The zero-order valence-corrected chi connectivity index (χ0v) is 16.7. The Bertz CT molecular complexity index is 670. The van der Waals surface area contributed by atoms with Crippen LogP contribution in [0.2, 0.25) is 0 Å². The Labute approximate surface area is 165 Å². The second-order valence-electron chi connectivity index (χ2n) is 8.51. The summed E-state index contributed by atoms with van der Waals surface area (Å²) in [6, 6.07) is -0.981. The third-order valence-corrected chi connectivity index (χ3v) is 4.92. The molecule has 4 amide bonds. The molecule has 2 N–H and O–H groups in total. The number of nitrogens with one attached hydrogen (secondary N) is 2. The molecular weight excluding hydrogens is 362 g/mol. The molecule has 0 bridgehead atoms. The van der Waals surface area contributed by atoms with Crippen LogP contribution in [0.3, 0.4) is 0 Å². The van der Waals surface area contributed by atoms with Gasteiger partial charge in [0, 0.05) is 12.8 Å². The molecule has 1 saturated carbocycles. The summed E-state index contributed by atoms with van der Waals surface area (Å²) in [5, 5.41) is 3.26. The highest BCUT2D eigenvalue weighted by Gasteiger charge is 2.37. The summed E-state index contributed by atoms with van der Waals surface area (Å²) in [6.07, 6.45) is 7.48. The van der Waals surface area contributed by atoms with Crippen molar-refractivity contribution in [2.24, 2.45) is 11.3 Å². The molecule has 0 radical (unpaired) electrons. The van der Waals surface area contributed by atoms with Gasteiger partial charge in [-0.3, -0.25) is 29.4 Å². The standard InChI is InChI=1S/C20H29N3O5/c1-20(2,3)12-11-14(24)21-17(13-7-5-4-6-8-13)18(27)19(28)22-23-15(25)9-10-16(23)26/h11-13,17H,4-10H2,1-3H3,(H,21,24)(H,22,28). The maximum atomic E-state index is 12.8. The van der Waals surface area contributed by atoms with E-state index in [9.17, 15) is 24.0 Å². The Kier molecular flexibility index (Phi) is 7.10. The predicted molar refractivity (Wildman–Crippen MR) is 101 cm³/mol. The predicted octanol–water partition coefficient (Wildman–Crippen LogP) is 1.40. The van der Waals surface area contributed by atoms with Crippen LogP contribution in [0.15, 0.2) is 12.2 Å². The van der Waals surface area contributed by atoms with Gasteiger partial charge in [0.15, 0.2) is 0 Å². The van der Waals surface area contributed by atoms with Crippen molar-refractivity contribution in [3.63, 3.8) is 0 Å². The Morgan fingerprint density at radius 2 is 1.61 bits per heavy atom. The van der Waals surface area contributed by atoms with E-state index in [1.165, 1.54) is 6.08 Å². The number of allylic oxidation sites excluding steroid dienone is 1. The van der Waals surface area contributed by atoms with E-state index >= 15 is 0 Å². The van der Waals surface area contributed by atoms with Crippen LogP contribution >= 0.6 is 0 Å². The summed E-state index contributed by atoms with van der Waals surface area (Å²) in [5.74, 6) is -3.57. The first kappa shape index (κ1) is 21.8. The molecule has 0 spiro atoms. The normalized spacial score (nSPS) is 19.8. The second kappa shape index (κ2) is 9.12. The number of imide groups is 1. The Hall–Kier alpha value is -2.51. The van der Waals surface area contributed by atoms with E-state index in [0.717, 1.165) is 32.1 Å². The summed E-state index contributed by atoms with van der Waals surface area (Å²) in [4.78, 5) is 60.8. The van der Waals surface area contributed by atoms with E-state index < -0.39 is 35.5 Å². The Morgan fingerprint density at radius 1 is 1.04 bits per heavy atom. The summed E-state index contributed by atoms with van der Waals surface area (Å²) in [6.45, 7) is 5.83. The van der Waals surface area contributed by atoms with Crippen molar-refractivity contribution >= 4 is 29.4 Å². The Morgan fingerprint density at radius 3 is 2.14 bits per heavy atom. The highest BCUT2D eigenvalue weighted by atomic mass is 16.2. The number of carbonyl (C=O) groups excluding carboxylic acids is 5. The molecule has 1 aliphatic heterocycles. The van der Waals surface area contributed by atoms with Gasteiger partial charge in [0.25, 0.3) is 0 Å². The lowest BCUT2D eigenvalue weighted by Gasteiger charge is -2.29. The van der Waals surface area contributed by atoms with Gasteiger partial charge >= 0.3 is 5.91 Å². The largest absolute Gasteiger partial charge is 0.342 e. The van der Waals surface area contributed by atoms with E-state index in [2.05, 4.69) is 10.7 Å². The van der Waals surface area contributed by atoms with Crippen molar-refractivity contribution in [1.29, 1.82) is 0 Å². The zero-order valence-electron chi connectivity index (χ0n) is 16.7. The maximum absolute atomic E-state index is 12.8. The highest BCUT2D eigenvalue weighted by molar-refractivity contribution is 6.39. The van der Waals surface area contributed by atoms with Crippen LogP contribution in [0.5, 0.6) is 0 Å². The van der Waals surface area contributed by atoms with Gasteiger partial charge < -0.3 is 5.32 Å². The fourth-order valence-electron chi connectivity index (χ4n) is 3.39. The summed E-state index contributed by atoms with van der Waals surface area (Å²) < 4.78 is 0. The number of hydrazine groups is 1. The average Bonchev–Trinajstić information content (AvgIpc) is 2.96. The van der Waals surface area contributed by atoms with Gasteiger partial charge in [0.05, 0.1) is 0 Å². The fraction of sp³-hybridized carbons (Fsp3) is 0.650. The van der Waals surface area contributed by atoms with Crippen LogP contribution in [-0.4, -0.2) is 40.5 Å². The number of hydrogen-bond donors (Lipinski definition) is 2. The SMILES string of the molecule is CC(C)(C)C=CC(=O)NC(C(=O)C(=O)NN1C(=O)CCC1=O)C1CCCCC1. The molecule has 2 aliphatic rings. The number of rotatable bonds is 6. The number of carbonyl (C=O) groups is 5. The molecule has 154 valence electrons. The maximum Gasteiger partial charge on any atom is 0.308 e. The molecule has 8 heteroatoms. The minimum atomic E-state index is -1.06. The van der Waals surface area contributed by atoms with Crippen LogP contribution in [0.25, 0.3) is 0 Å². The number of amides is 4. The molecule has 0 aromatic carbocycles. The van der Waals surface area contributed by atoms with E-state index in [1.807, 2.05) is 20.8 Å². The molecule has 8 nitrogen and oxygen atoms in total. The van der Waals surface area contributed by atoms with E-state index in [-0.39, 0.29) is 24.2 Å². The summed E-state index contributed by atoms with van der Waals surface area (Å²) in [5.41, 5.74) is 1.90. The van der Waals surface area contributed by atoms with Crippen LogP contribution in [-0.2, 0) is 24.0 Å². The van der Waals surface area contributed by atoms with E-state index in [1.54, 1.807) is 6.08 Å². The molecule has 0 aromatic heterocycles. The first-order valence-electron chi connectivity index (χ1n) is 9.79. The number of Topliss-reactive ketones (excluding diaryl/α,β-unsaturated/α-hetero) is 1. The number of hydrogen-bond acceptors (Lipinski definition) is 5. The number of nitrogens with zero attached hydrogens (tertiary/aromatic N) is 1. The first-order chi connectivity index (χ1) is 13.1. The quantitative estimate of drug-likeness (QED) is 0.404. The summed E-state index contributed by atoms with van der Waals surface area (Å²) in [7, 11) is 0. The first-order valence-corrected chi connectivity index (χ1v) is 9.79. The molecular formula is C20H29N3O5. The monoisotopic (exact) mass is 391 g/mol.